The average molecular weight is 403 g/mol. The number of hydrogen-bond donors (Lipinski definition) is 1. The van der Waals surface area contributed by atoms with Crippen molar-refractivity contribution >= 4 is 5.91 Å². The summed E-state index contributed by atoms with van der Waals surface area (Å²) in [6, 6.07) is 11.9. The molecule has 0 saturated carbocycles. The minimum Gasteiger partial charge on any atom is -0.457 e. The molecule has 5 nitrogen and oxygen atoms in total. The van der Waals surface area contributed by atoms with Gasteiger partial charge in [0.25, 0.3) is 0 Å². The quantitative estimate of drug-likeness (QED) is 0.693. The van der Waals surface area contributed by atoms with E-state index in [1.54, 1.807) is 23.2 Å². The molecule has 1 N–H and O–H groups in total. The Morgan fingerprint density at radius 3 is 2.66 bits per heavy atom. The summed E-state index contributed by atoms with van der Waals surface area (Å²) in [5, 5.41) is 6.64. The lowest BCUT2D eigenvalue weighted by molar-refractivity contribution is -0.137. The number of benzene rings is 2. The Labute approximate surface area is 166 Å². The van der Waals surface area contributed by atoms with Crippen molar-refractivity contribution in [2.24, 2.45) is 0 Å². The SMILES string of the molecule is O=C(Cc1ccn[nH]1)N1CCc2c(cccc2Oc2ccc(C(F)(F)F)cc2)C1.[HH]. The number of carbonyl (C=O) groups excluding carboxylic acids is 1. The van der Waals surface area contributed by atoms with E-state index >= 15 is 0 Å². The highest BCUT2D eigenvalue weighted by Crippen LogP contribution is 2.34. The number of hydrogen-bond acceptors (Lipinski definition) is 3. The van der Waals surface area contributed by atoms with Crippen LogP contribution in [0.3, 0.4) is 0 Å². The molecule has 0 fully saturated rings. The van der Waals surface area contributed by atoms with Gasteiger partial charge in [-0.2, -0.15) is 18.3 Å². The molecule has 3 aromatic rings. The summed E-state index contributed by atoms with van der Waals surface area (Å²) in [4.78, 5) is 14.3. The molecule has 1 aliphatic heterocycles. The number of halogens is 3. The van der Waals surface area contributed by atoms with Crippen LogP contribution in [0, 0.1) is 0 Å². The minimum atomic E-state index is -4.38. The third kappa shape index (κ3) is 4.26. The summed E-state index contributed by atoms with van der Waals surface area (Å²) in [6.45, 7) is 1.01. The third-order valence-corrected chi connectivity index (χ3v) is 4.89. The van der Waals surface area contributed by atoms with Crippen LogP contribution in [0.5, 0.6) is 11.5 Å². The summed E-state index contributed by atoms with van der Waals surface area (Å²) < 4.78 is 44.0. The maximum Gasteiger partial charge on any atom is 0.416 e. The number of H-pyrrole nitrogens is 1. The smallest absolute Gasteiger partial charge is 0.416 e. The number of fused-ring (bicyclic) bond motifs is 1. The number of rotatable bonds is 4. The van der Waals surface area contributed by atoms with Gasteiger partial charge in [-0.3, -0.25) is 9.89 Å². The molecule has 4 rings (SSSR count). The van der Waals surface area contributed by atoms with Crippen LogP contribution in [0.25, 0.3) is 0 Å². The zero-order valence-electron chi connectivity index (χ0n) is 15.4. The van der Waals surface area contributed by atoms with Gasteiger partial charge < -0.3 is 9.64 Å². The molecular formula is C21H20F3N3O2. The fourth-order valence-corrected chi connectivity index (χ4v) is 3.38. The lowest BCUT2D eigenvalue weighted by Gasteiger charge is -2.30. The van der Waals surface area contributed by atoms with E-state index in [1.807, 2.05) is 12.1 Å². The maximum atomic E-state index is 12.7. The van der Waals surface area contributed by atoms with Gasteiger partial charge in [0.05, 0.1) is 12.0 Å². The third-order valence-electron chi connectivity index (χ3n) is 4.89. The molecule has 1 amide bonds. The van der Waals surface area contributed by atoms with Crippen LogP contribution in [0.1, 0.15) is 23.8 Å². The highest BCUT2D eigenvalue weighted by atomic mass is 19.4. The molecule has 1 aliphatic rings. The average Bonchev–Trinajstić information content (AvgIpc) is 3.20. The van der Waals surface area contributed by atoms with E-state index in [0.717, 1.165) is 29.0 Å². The lowest BCUT2D eigenvalue weighted by atomic mass is 9.98. The molecule has 0 radical (unpaired) electrons. The van der Waals surface area contributed by atoms with Crippen LogP contribution in [0.4, 0.5) is 13.2 Å². The van der Waals surface area contributed by atoms with E-state index in [1.165, 1.54) is 12.1 Å². The summed E-state index contributed by atoms with van der Waals surface area (Å²) >= 11 is 0. The van der Waals surface area contributed by atoms with Gasteiger partial charge >= 0.3 is 6.18 Å². The Bertz CT molecular complexity index is 1010. The zero-order chi connectivity index (χ0) is 20.4. The highest BCUT2D eigenvalue weighted by Gasteiger charge is 2.30. The minimum absolute atomic E-state index is 0. The first-order valence-corrected chi connectivity index (χ1v) is 9.12. The van der Waals surface area contributed by atoms with E-state index in [0.29, 0.717) is 31.0 Å². The van der Waals surface area contributed by atoms with Crippen molar-refractivity contribution in [2.75, 3.05) is 6.54 Å². The Kier molecular flexibility index (Phi) is 5.00. The van der Waals surface area contributed by atoms with Crippen LogP contribution in [0.15, 0.2) is 54.7 Å². The number of nitrogens with zero attached hydrogens (tertiary/aromatic N) is 2. The van der Waals surface area contributed by atoms with Crippen LogP contribution in [-0.4, -0.2) is 27.5 Å². The van der Waals surface area contributed by atoms with Gasteiger partial charge in [0.15, 0.2) is 0 Å². The Morgan fingerprint density at radius 1 is 1.17 bits per heavy atom. The molecule has 8 heteroatoms. The number of alkyl halides is 3. The molecular weight excluding hydrogens is 383 g/mol. The molecule has 2 aromatic carbocycles. The van der Waals surface area contributed by atoms with E-state index in [-0.39, 0.29) is 13.8 Å². The van der Waals surface area contributed by atoms with Crippen LogP contribution in [-0.2, 0) is 30.4 Å². The van der Waals surface area contributed by atoms with Crippen molar-refractivity contribution in [3.8, 4) is 11.5 Å². The number of aromatic nitrogens is 2. The first kappa shape index (κ1) is 19.0. The van der Waals surface area contributed by atoms with Gasteiger partial charge in [-0.15, -0.1) is 0 Å². The second-order valence-electron chi connectivity index (χ2n) is 6.84. The summed E-state index contributed by atoms with van der Waals surface area (Å²) in [7, 11) is 0. The molecule has 0 saturated heterocycles. The molecule has 152 valence electrons. The van der Waals surface area contributed by atoms with E-state index in [9.17, 15) is 18.0 Å². The number of amides is 1. The number of nitrogens with one attached hydrogen (secondary N) is 1. The Hall–Kier alpha value is -3.29. The molecule has 0 unspecified atom stereocenters. The fraction of sp³-hybridized carbons (Fsp3) is 0.238. The van der Waals surface area contributed by atoms with Gasteiger partial charge in [0, 0.05) is 32.0 Å². The topological polar surface area (TPSA) is 58.2 Å². The van der Waals surface area contributed by atoms with Gasteiger partial charge in [-0.25, -0.2) is 0 Å². The summed E-state index contributed by atoms with van der Waals surface area (Å²) in [6.07, 6.45) is -1.90. The molecule has 0 spiro atoms. The standard InChI is InChI=1S/C21H18F3N3O2.H2/c22-21(23,24)15-4-6-17(7-5-15)29-19-3-1-2-14-13-27(11-9-18(14)19)20(28)12-16-8-10-25-26-16;/h1-8,10H,9,11-13H2,(H,25,26);1H. The highest BCUT2D eigenvalue weighted by molar-refractivity contribution is 5.78. The predicted molar refractivity (Wildman–Crippen MR) is 101 cm³/mol. The fourth-order valence-electron chi connectivity index (χ4n) is 3.38. The van der Waals surface area contributed by atoms with Gasteiger partial charge in [0.1, 0.15) is 11.5 Å². The second-order valence-corrected chi connectivity index (χ2v) is 6.84. The van der Waals surface area contributed by atoms with Crippen molar-refractivity contribution in [3.05, 3.63) is 77.1 Å². The van der Waals surface area contributed by atoms with Crippen molar-refractivity contribution in [1.82, 2.24) is 15.1 Å². The zero-order valence-corrected chi connectivity index (χ0v) is 15.4. The van der Waals surface area contributed by atoms with Gasteiger partial charge in [-0.05, 0) is 48.4 Å². The number of aromatic amines is 1. The van der Waals surface area contributed by atoms with Crippen molar-refractivity contribution < 1.29 is 24.1 Å². The predicted octanol–water partition coefficient (Wildman–Crippen LogP) is 4.59. The van der Waals surface area contributed by atoms with Crippen LogP contribution >= 0.6 is 0 Å². The largest absolute Gasteiger partial charge is 0.457 e. The van der Waals surface area contributed by atoms with E-state index < -0.39 is 11.7 Å². The first-order valence-electron chi connectivity index (χ1n) is 9.12. The molecule has 0 bridgehead atoms. The Balaban J connectivity index is 0.00000256. The normalized spacial score (nSPS) is 13.8. The maximum absolute atomic E-state index is 12.7. The van der Waals surface area contributed by atoms with Crippen LogP contribution in [0.2, 0.25) is 0 Å². The van der Waals surface area contributed by atoms with Crippen LogP contribution < -0.4 is 4.74 Å². The Morgan fingerprint density at radius 2 is 1.97 bits per heavy atom. The summed E-state index contributed by atoms with van der Waals surface area (Å²) in [5.41, 5.74) is 1.99. The van der Waals surface area contributed by atoms with Gasteiger partial charge in [-0.1, -0.05) is 12.1 Å². The molecule has 29 heavy (non-hydrogen) atoms. The molecule has 1 aromatic heterocycles. The van der Waals surface area contributed by atoms with E-state index in [2.05, 4.69) is 10.2 Å². The lowest BCUT2D eigenvalue weighted by Crippen LogP contribution is -2.37. The number of carbonyl (C=O) groups is 1. The monoisotopic (exact) mass is 403 g/mol. The van der Waals surface area contributed by atoms with Crippen molar-refractivity contribution in [3.63, 3.8) is 0 Å². The number of ether oxygens (including phenoxy) is 1. The second kappa shape index (κ2) is 7.62. The molecule has 0 atom stereocenters. The molecule has 0 aliphatic carbocycles. The van der Waals surface area contributed by atoms with Gasteiger partial charge in [0.2, 0.25) is 5.91 Å². The first-order chi connectivity index (χ1) is 13.9. The van der Waals surface area contributed by atoms with E-state index in [4.69, 9.17) is 4.74 Å². The molecule has 2 heterocycles. The van der Waals surface area contributed by atoms with Crippen molar-refractivity contribution in [2.45, 2.75) is 25.6 Å². The summed E-state index contributed by atoms with van der Waals surface area (Å²) in [5.74, 6) is 0.945. The van der Waals surface area contributed by atoms with Crippen molar-refractivity contribution in [1.29, 1.82) is 0 Å².